The highest BCUT2D eigenvalue weighted by Gasteiger charge is 2.21. The molecule has 0 aliphatic rings. The SMILES string of the molecule is CN(C)CCCN(C(=O)COc1ccccc1)c1nc2c(F)cccc2s1.[Cl-]. The summed E-state index contributed by atoms with van der Waals surface area (Å²) in [5.41, 5.74) is 0.298. The van der Waals surface area contributed by atoms with Crippen LogP contribution in [0.2, 0.25) is 0 Å². The monoisotopic (exact) mass is 422 g/mol. The molecule has 5 nitrogen and oxygen atoms in total. The number of ether oxygens (including phenoxy) is 1. The van der Waals surface area contributed by atoms with E-state index in [0.29, 0.717) is 22.9 Å². The summed E-state index contributed by atoms with van der Waals surface area (Å²) in [7, 11) is 3.97. The predicted octanol–water partition coefficient (Wildman–Crippen LogP) is 0.803. The molecule has 28 heavy (non-hydrogen) atoms. The van der Waals surface area contributed by atoms with Crippen LogP contribution in [0.5, 0.6) is 5.75 Å². The van der Waals surface area contributed by atoms with Crippen molar-refractivity contribution in [1.29, 1.82) is 0 Å². The third kappa shape index (κ3) is 5.64. The Bertz CT molecular complexity index is 905. The Morgan fingerprint density at radius 2 is 1.86 bits per heavy atom. The van der Waals surface area contributed by atoms with Crippen LogP contribution in [-0.2, 0) is 4.79 Å². The molecule has 1 heterocycles. The van der Waals surface area contributed by atoms with Crippen LogP contribution < -0.4 is 22.0 Å². The second-order valence-electron chi connectivity index (χ2n) is 6.39. The highest BCUT2D eigenvalue weighted by molar-refractivity contribution is 7.22. The normalized spacial score (nSPS) is 10.7. The molecule has 1 amide bonds. The number of hydrogen-bond donors (Lipinski definition) is 0. The van der Waals surface area contributed by atoms with Crippen molar-refractivity contribution >= 4 is 32.6 Å². The van der Waals surface area contributed by atoms with E-state index >= 15 is 0 Å². The van der Waals surface area contributed by atoms with Gasteiger partial charge < -0.3 is 22.0 Å². The van der Waals surface area contributed by atoms with E-state index in [1.807, 2.05) is 38.4 Å². The number of fused-ring (bicyclic) bond motifs is 1. The number of hydrogen-bond acceptors (Lipinski definition) is 5. The van der Waals surface area contributed by atoms with Gasteiger partial charge in [0.15, 0.2) is 11.7 Å². The van der Waals surface area contributed by atoms with Gasteiger partial charge in [0.05, 0.1) is 4.70 Å². The number of benzene rings is 2. The number of rotatable bonds is 8. The quantitative estimate of drug-likeness (QED) is 0.539. The van der Waals surface area contributed by atoms with Crippen LogP contribution in [0.4, 0.5) is 9.52 Å². The lowest BCUT2D eigenvalue weighted by atomic mass is 10.3. The first-order chi connectivity index (χ1) is 13.0. The van der Waals surface area contributed by atoms with Gasteiger partial charge in [-0.3, -0.25) is 9.69 Å². The van der Waals surface area contributed by atoms with E-state index in [1.165, 1.54) is 17.4 Å². The van der Waals surface area contributed by atoms with E-state index in [2.05, 4.69) is 9.88 Å². The fraction of sp³-hybridized carbons (Fsp3) is 0.300. The van der Waals surface area contributed by atoms with Gasteiger partial charge in [-0.05, 0) is 51.3 Å². The number of aromatic nitrogens is 1. The van der Waals surface area contributed by atoms with Crippen LogP contribution in [0.3, 0.4) is 0 Å². The molecule has 8 heteroatoms. The summed E-state index contributed by atoms with van der Waals surface area (Å²) < 4.78 is 20.3. The van der Waals surface area contributed by atoms with Crippen LogP contribution in [0.15, 0.2) is 48.5 Å². The molecule has 3 aromatic rings. The average molecular weight is 423 g/mol. The van der Waals surface area contributed by atoms with Crippen molar-refractivity contribution in [1.82, 2.24) is 9.88 Å². The standard InChI is InChI=1S/C20H22FN3O2S.ClH/c1-23(2)12-7-13-24(18(25)14-26-15-8-4-3-5-9-15)20-22-19-16(21)10-6-11-17(19)27-20;/h3-6,8-11H,7,12-14H2,1-2H3;1H/p-1. The number of halogens is 2. The molecule has 0 N–H and O–H groups in total. The molecular formula is C20H22ClFN3O2S-. The summed E-state index contributed by atoms with van der Waals surface area (Å²) in [6, 6.07) is 14.0. The van der Waals surface area contributed by atoms with Gasteiger partial charge in [-0.15, -0.1) is 0 Å². The predicted molar refractivity (Wildman–Crippen MR) is 107 cm³/mol. The number of anilines is 1. The highest BCUT2D eigenvalue weighted by atomic mass is 35.5. The van der Waals surface area contributed by atoms with Crippen molar-refractivity contribution in [2.24, 2.45) is 0 Å². The zero-order chi connectivity index (χ0) is 19.2. The molecule has 0 saturated heterocycles. The van der Waals surface area contributed by atoms with E-state index in [9.17, 15) is 9.18 Å². The number of thiazole rings is 1. The lowest BCUT2D eigenvalue weighted by Crippen LogP contribution is -3.00. The maximum absolute atomic E-state index is 14.0. The summed E-state index contributed by atoms with van der Waals surface area (Å²) in [6.07, 6.45) is 0.780. The largest absolute Gasteiger partial charge is 1.00 e. The summed E-state index contributed by atoms with van der Waals surface area (Å²) in [6.45, 7) is 1.24. The molecule has 0 aliphatic carbocycles. The molecular weight excluding hydrogens is 401 g/mol. The Morgan fingerprint density at radius 3 is 2.54 bits per heavy atom. The molecule has 1 aromatic heterocycles. The van der Waals surface area contributed by atoms with Gasteiger partial charge in [-0.1, -0.05) is 35.6 Å². The first-order valence-electron chi connectivity index (χ1n) is 8.72. The van der Waals surface area contributed by atoms with Crippen molar-refractivity contribution in [3.8, 4) is 5.75 Å². The number of amides is 1. The second-order valence-corrected chi connectivity index (χ2v) is 7.40. The molecule has 150 valence electrons. The van der Waals surface area contributed by atoms with E-state index in [1.54, 1.807) is 23.1 Å². The molecule has 2 aromatic carbocycles. The topological polar surface area (TPSA) is 45.7 Å². The average Bonchev–Trinajstić information content (AvgIpc) is 3.09. The first kappa shape index (κ1) is 22.1. The Balaban J connectivity index is 0.00000280. The third-order valence-corrected chi connectivity index (χ3v) is 5.03. The van der Waals surface area contributed by atoms with Gasteiger partial charge in [-0.25, -0.2) is 9.37 Å². The smallest absolute Gasteiger partial charge is 0.266 e. The minimum atomic E-state index is -0.378. The lowest BCUT2D eigenvalue weighted by Gasteiger charge is -2.21. The Hall–Kier alpha value is -2.22. The third-order valence-electron chi connectivity index (χ3n) is 3.98. The molecule has 0 aliphatic heterocycles. The van der Waals surface area contributed by atoms with E-state index in [4.69, 9.17) is 4.74 Å². The Labute approximate surface area is 174 Å². The van der Waals surface area contributed by atoms with Crippen LogP contribution in [-0.4, -0.2) is 49.6 Å². The van der Waals surface area contributed by atoms with Crippen molar-refractivity contribution in [3.05, 3.63) is 54.3 Å². The zero-order valence-electron chi connectivity index (χ0n) is 15.8. The fourth-order valence-electron chi connectivity index (χ4n) is 2.63. The van der Waals surface area contributed by atoms with Gasteiger partial charge in [0.25, 0.3) is 5.91 Å². The van der Waals surface area contributed by atoms with Crippen molar-refractivity contribution in [2.45, 2.75) is 6.42 Å². The fourth-order valence-corrected chi connectivity index (χ4v) is 3.65. The van der Waals surface area contributed by atoms with Crippen LogP contribution in [0.25, 0.3) is 10.2 Å². The summed E-state index contributed by atoms with van der Waals surface area (Å²) in [4.78, 5) is 20.8. The highest BCUT2D eigenvalue weighted by Crippen LogP contribution is 2.30. The lowest BCUT2D eigenvalue weighted by molar-refractivity contribution is -0.120. The number of para-hydroxylation sites is 2. The summed E-state index contributed by atoms with van der Waals surface area (Å²) in [5, 5.41) is 0.496. The van der Waals surface area contributed by atoms with Gasteiger partial charge in [-0.2, -0.15) is 0 Å². The van der Waals surface area contributed by atoms with Gasteiger partial charge in [0, 0.05) is 6.54 Å². The van der Waals surface area contributed by atoms with E-state index in [0.717, 1.165) is 17.7 Å². The second kappa shape index (κ2) is 10.4. The maximum atomic E-state index is 14.0. The maximum Gasteiger partial charge on any atom is 0.266 e. The number of carbonyl (C=O) groups is 1. The Kier molecular flexibility index (Phi) is 8.17. The number of carbonyl (C=O) groups excluding carboxylic acids is 1. The zero-order valence-corrected chi connectivity index (χ0v) is 17.3. The molecule has 3 rings (SSSR count). The molecule has 0 radical (unpaired) electrons. The molecule has 0 fully saturated rings. The van der Waals surface area contributed by atoms with Crippen molar-refractivity contribution < 1.29 is 26.3 Å². The molecule has 0 spiro atoms. The summed E-state index contributed by atoms with van der Waals surface area (Å²) >= 11 is 1.31. The first-order valence-corrected chi connectivity index (χ1v) is 9.54. The number of nitrogens with zero attached hydrogens (tertiary/aromatic N) is 3. The molecule has 0 bridgehead atoms. The van der Waals surface area contributed by atoms with Crippen LogP contribution in [0.1, 0.15) is 6.42 Å². The van der Waals surface area contributed by atoms with Crippen LogP contribution >= 0.6 is 11.3 Å². The molecule has 0 saturated carbocycles. The minimum Gasteiger partial charge on any atom is -1.00 e. The summed E-state index contributed by atoms with van der Waals surface area (Å²) in [5.74, 6) is 0.0581. The van der Waals surface area contributed by atoms with Crippen LogP contribution in [0, 0.1) is 5.82 Å². The van der Waals surface area contributed by atoms with Gasteiger partial charge in [0.1, 0.15) is 17.1 Å². The van der Waals surface area contributed by atoms with E-state index in [-0.39, 0.29) is 30.7 Å². The Morgan fingerprint density at radius 1 is 1.11 bits per heavy atom. The van der Waals surface area contributed by atoms with Gasteiger partial charge in [0.2, 0.25) is 0 Å². The van der Waals surface area contributed by atoms with Crippen molar-refractivity contribution in [2.75, 3.05) is 38.7 Å². The molecule has 0 unspecified atom stereocenters. The van der Waals surface area contributed by atoms with E-state index < -0.39 is 0 Å². The van der Waals surface area contributed by atoms with Gasteiger partial charge >= 0.3 is 0 Å². The molecule has 0 atom stereocenters. The van der Waals surface area contributed by atoms with Crippen molar-refractivity contribution in [3.63, 3.8) is 0 Å². The minimum absolute atomic E-state index is 0.